The van der Waals surface area contributed by atoms with E-state index in [-0.39, 0.29) is 41.5 Å². The molecule has 1 aliphatic rings. The molecule has 2 atom stereocenters. The van der Waals surface area contributed by atoms with Gasteiger partial charge in [-0.1, -0.05) is 54.6 Å². The van der Waals surface area contributed by atoms with Crippen LogP contribution in [-0.2, 0) is 18.9 Å². The highest BCUT2D eigenvalue weighted by molar-refractivity contribution is 5.98. The molecule has 3 aromatic carbocycles. The van der Waals surface area contributed by atoms with Crippen molar-refractivity contribution >= 4 is 11.7 Å². The fraction of sp³-hybridized carbons (Fsp3) is 0.241. The number of hydrogen-bond acceptors (Lipinski definition) is 3. The maximum Gasteiger partial charge on any atom is 0.416 e. The molecule has 0 saturated carbocycles. The average molecular weight is 612 g/mol. The number of amides is 1. The van der Waals surface area contributed by atoms with E-state index in [4.69, 9.17) is 0 Å². The lowest BCUT2D eigenvalue weighted by atomic mass is 9.96. The smallest absolute Gasteiger partial charge is 0.363 e. The number of carbonyl (C=O) groups excluding carboxylic acids is 1. The van der Waals surface area contributed by atoms with E-state index in [0.29, 0.717) is 23.3 Å². The van der Waals surface area contributed by atoms with Gasteiger partial charge in [0, 0.05) is 13.0 Å². The van der Waals surface area contributed by atoms with E-state index in [0.717, 1.165) is 10.9 Å². The van der Waals surface area contributed by atoms with Crippen LogP contribution in [0.5, 0.6) is 0 Å². The van der Waals surface area contributed by atoms with Crippen molar-refractivity contribution in [2.45, 2.75) is 43.6 Å². The van der Waals surface area contributed by atoms with Gasteiger partial charge < -0.3 is 10.6 Å². The zero-order valence-electron chi connectivity index (χ0n) is 21.8. The molecule has 1 aliphatic heterocycles. The molecule has 0 bridgehead atoms. The number of aromatic nitrogens is 2. The van der Waals surface area contributed by atoms with Crippen LogP contribution >= 0.6 is 0 Å². The summed E-state index contributed by atoms with van der Waals surface area (Å²) in [6.45, 7) is -0.134. The molecule has 0 fully saturated rings. The normalized spacial score (nSPS) is 17.2. The first-order chi connectivity index (χ1) is 20.1. The van der Waals surface area contributed by atoms with E-state index in [2.05, 4.69) is 15.7 Å². The Hall–Kier alpha value is -4.49. The molecule has 2 unspecified atom stereocenters. The highest BCUT2D eigenvalue weighted by Gasteiger charge is 2.47. The molecule has 1 aromatic heterocycles. The predicted molar refractivity (Wildman–Crippen MR) is 138 cm³/mol. The Bertz CT molecular complexity index is 1580. The average Bonchev–Trinajstić information content (AvgIpc) is 3.38. The van der Waals surface area contributed by atoms with Crippen LogP contribution in [-0.4, -0.2) is 21.9 Å². The molecular weight excluding hydrogens is 591 g/mol. The minimum Gasteiger partial charge on any atom is -0.363 e. The second-order valence-corrected chi connectivity index (χ2v) is 9.93. The number of nitrogens with one attached hydrogen (secondary N) is 2. The Labute approximate surface area is 238 Å². The van der Waals surface area contributed by atoms with Crippen LogP contribution in [0.25, 0.3) is 11.1 Å². The van der Waals surface area contributed by atoms with Crippen LogP contribution in [0.15, 0.2) is 79.0 Å². The number of halogens is 9. The van der Waals surface area contributed by atoms with Gasteiger partial charge in [-0.3, -0.25) is 4.79 Å². The van der Waals surface area contributed by atoms with Gasteiger partial charge in [0.1, 0.15) is 11.4 Å². The molecule has 43 heavy (non-hydrogen) atoms. The summed E-state index contributed by atoms with van der Waals surface area (Å²) in [5.74, 6) is -0.847. The van der Waals surface area contributed by atoms with Gasteiger partial charge in [-0.15, -0.1) is 0 Å². The molecule has 5 rings (SSSR count). The summed E-state index contributed by atoms with van der Waals surface area (Å²) in [4.78, 5) is 13.0. The Morgan fingerprint density at radius 3 is 2.00 bits per heavy atom. The lowest BCUT2D eigenvalue weighted by Crippen LogP contribution is -2.36. The number of alkyl halides is 9. The van der Waals surface area contributed by atoms with Gasteiger partial charge >= 0.3 is 18.5 Å². The monoisotopic (exact) mass is 612 g/mol. The van der Waals surface area contributed by atoms with Gasteiger partial charge in [-0.05, 0) is 40.5 Å². The van der Waals surface area contributed by atoms with Gasteiger partial charge in [0.15, 0.2) is 6.04 Å². The van der Waals surface area contributed by atoms with Crippen molar-refractivity contribution in [2.24, 2.45) is 0 Å². The van der Waals surface area contributed by atoms with Crippen LogP contribution in [0.1, 0.15) is 51.1 Å². The molecule has 2 heterocycles. The van der Waals surface area contributed by atoms with Crippen molar-refractivity contribution in [1.82, 2.24) is 15.1 Å². The van der Waals surface area contributed by atoms with E-state index in [1.807, 2.05) is 0 Å². The third-order valence-electron chi connectivity index (χ3n) is 7.01. The third-order valence-corrected chi connectivity index (χ3v) is 7.01. The van der Waals surface area contributed by atoms with E-state index in [1.54, 1.807) is 30.3 Å². The summed E-state index contributed by atoms with van der Waals surface area (Å²) >= 11 is 0. The minimum absolute atomic E-state index is 0.0384. The van der Waals surface area contributed by atoms with E-state index in [1.165, 1.54) is 24.3 Å². The highest BCUT2D eigenvalue weighted by atomic mass is 19.4. The summed E-state index contributed by atoms with van der Waals surface area (Å²) < 4.78 is 122. The highest BCUT2D eigenvalue weighted by Crippen LogP contribution is 2.44. The Balaban J connectivity index is 1.34. The van der Waals surface area contributed by atoms with Gasteiger partial charge in [0.2, 0.25) is 0 Å². The quantitative estimate of drug-likeness (QED) is 0.224. The zero-order chi connectivity index (χ0) is 31.2. The van der Waals surface area contributed by atoms with E-state index >= 15 is 0 Å². The number of carbonyl (C=O) groups is 1. The van der Waals surface area contributed by atoms with Gasteiger partial charge in [0.05, 0.1) is 23.4 Å². The Kier molecular flexibility index (Phi) is 7.65. The standard InChI is InChI=1S/C29H21F9N4O/c30-27(31,32)20-10-19(11-21(12-20)28(33,34)35)17-8-6-16(7-9-17)14-39-26(43)22-15-40-42-24(29(36,37)38)13-23(41-25(22)42)18-4-2-1-3-5-18/h1-12,15,23-24,41H,13-14H2,(H,39,43). The number of nitrogens with zero attached hydrogens (tertiary/aromatic N) is 2. The van der Waals surface area contributed by atoms with Crippen LogP contribution in [0, 0.1) is 0 Å². The maximum absolute atomic E-state index is 13.9. The van der Waals surface area contributed by atoms with Crippen molar-refractivity contribution in [1.29, 1.82) is 0 Å². The zero-order valence-corrected chi connectivity index (χ0v) is 21.8. The number of benzene rings is 3. The van der Waals surface area contributed by atoms with Crippen LogP contribution in [0.3, 0.4) is 0 Å². The summed E-state index contributed by atoms with van der Waals surface area (Å²) in [7, 11) is 0. The van der Waals surface area contributed by atoms with E-state index in [9.17, 15) is 44.3 Å². The molecule has 0 saturated heterocycles. The van der Waals surface area contributed by atoms with Gasteiger partial charge in [-0.25, -0.2) is 4.68 Å². The second kappa shape index (κ2) is 11.0. The number of rotatable bonds is 5. The molecule has 226 valence electrons. The fourth-order valence-corrected chi connectivity index (χ4v) is 4.85. The molecule has 0 spiro atoms. The fourth-order valence-electron chi connectivity index (χ4n) is 4.85. The number of anilines is 1. The van der Waals surface area contributed by atoms with Crippen molar-refractivity contribution in [2.75, 3.05) is 5.32 Å². The third kappa shape index (κ3) is 6.47. The largest absolute Gasteiger partial charge is 0.416 e. The first kappa shape index (κ1) is 30.0. The second-order valence-electron chi connectivity index (χ2n) is 9.93. The number of fused-ring (bicyclic) bond motifs is 1. The summed E-state index contributed by atoms with van der Waals surface area (Å²) in [6.07, 6.45) is -13.9. The summed E-state index contributed by atoms with van der Waals surface area (Å²) in [5.41, 5.74) is -2.23. The Morgan fingerprint density at radius 2 is 1.44 bits per heavy atom. The van der Waals surface area contributed by atoms with Crippen molar-refractivity contribution in [3.8, 4) is 11.1 Å². The van der Waals surface area contributed by atoms with Crippen LogP contribution < -0.4 is 10.6 Å². The van der Waals surface area contributed by atoms with Crippen LogP contribution in [0.4, 0.5) is 45.3 Å². The molecular formula is C29H21F9N4O. The summed E-state index contributed by atoms with van der Waals surface area (Å²) in [6, 6.07) is 12.4. The first-order valence-corrected chi connectivity index (χ1v) is 12.7. The lowest BCUT2D eigenvalue weighted by Gasteiger charge is -2.34. The first-order valence-electron chi connectivity index (χ1n) is 12.7. The molecule has 5 nitrogen and oxygen atoms in total. The Morgan fingerprint density at radius 1 is 0.837 bits per heavy atom. The van der Waals surface area contributed by atoms with Gasteiger partial charge in [0.25, 0.3) is 5.91 Å². The van der Waals surface area contributed by atoms with Crippen molar-refractivity contribution < 1.29 is 44.3 Å². The SMILES string of the molecule is O=C(NCc1ccc(-c2cc(C(F)(F)F)cc(C(F)(F)F)c2)cc1)c1cnn2c1NC(c1ccccc1)CC2C(F)(F)F. The molecule has 0 radical (unpaired) electrons. The minimum atomic E-state index is -5.00. The maximum atomic E-state index is 13.9. The molecule has 1 amide bonds. The summed E-state index contributed by atoms with van der Waals surface area (Å²) in [5, 5.41) is 9.36. The molecule has 14 heteroatoms. The van der Waals surface area contributed by atoms with Crippen molar-refractivity contribution in [3.05, 3.63) is 107 Å². The molecule has 0 aliphatic carbocycles. The van der Waals surface area contributed by atoms with Crippen LogP contribution in [0.2, 0.25) is 0 Å². The molecule has 4 aromatic rings. The van der Waals surface area contributed by atoms with Gasteiger partial charge in [-0.2, -0.15) is 44.6 Å². The molecule has 2 N–H and O–H groups in total. The van der Waals surface area contributed by atoms with Crippen molar-refractivity contribution in [3.63, 3.8) is 0 Å². The number of hydrogen-bond donors (Lipinski definition) is 2. The van der Waals surface area contributed by atoms with E-state index < -0.39 is 47.6 Å². The lowest BCUT2D eigenvalue weighted by molar-refractivity contribution is -0.173. The predicted octanol–water partition coefficient (Wildman–Crippen LogP) is 8.18. The topological polar surface area (TPSA) is 59.0 Å².